The number of hydrogen-bond donors (Lipinski definition) is 2. The Kier molecular flexibility index (Phi) is 5.40. The number of benzene rings is 1. The van der Waals surface area contributed by atoms with Crippen LogP contribution in [0.5, 0.6) is 0 Å². The van der Waals surface area contributed by atoms with Crippen molar-refractivity contribution in [3.63, 3.8) is 0 Å². The van der Waals surface area contributed by atoms with E-state index in [0.29, 0.717) is 12.5 Å². The number of nitrogens with one attached hydrogen (secondary N) is 2. The molecular weight excluding hydrogens is 304 g/mol. The highest BCUT2D eigenvalue weighted by atomic mass is 79.9. The van der Waals surface area contributed by atoms with Crippen LogP contribution in [0.25, 0.3) is 0 Å². The lowest BCUT2D eigenvalue weighted by atomic mass is 9.98. The Bertz CT molecular complexity index is 415. The summed E-state index contributed by atoms with van der Waals surface area (Å²) < 4.78 is 1.07. The molecule has 4 heteroatoms. The fourth-order valence-corrected chi connectivity index (χ4v) is 2.29. The Morgan fingerprint density at radius 2 is 2.00 bits per heavy atom. The second-order valence-electron chi connectivity index (χ2n) is 5.24. The van der Waals surface area contributed by atoms with Gasteiger partial charge in [-0.25, -0.2) is 0 Å². The van der Waals surface area contributed by atoms with E-state index < -0.39 is 0 Å². The van der Waals surface area contributed by atoms with Crippen LogP contribution in [0, 0.1) is 0 Å². The lowest BCUT2D eigenvalue weighted by Gasteiger charge is -2.12. The predicted molar refractivity (Wildman–Crippen MR) is 81.2 cm³/mol. The van der Waals surface area contributed by atoms with Crippen molar-refractivity contribution in [3.05, 3.63) is 34.3 Å². The molecular formula is C15H21BrN2O. The number of halogens is 1. The van der Waals surface area contributed by atoms with Crippen molar-refractivity contribution in [2.45, 2.75) is 38.1 Å². The monoisotopic (exact) mass is 324 g/mol. The molecule has 1 aliphatic rings. The van der Waals surface area contributed by atoms with Crippen molar-refractivity contribution >= 4 is 21.8 Å². The topological polar surface area (TPSA) is 41.1 Å². The van der Waals surface area contributed by atoms with Gasteiger partial charge >= 0.3 is 0 Å². The molecule has 3 nitrogen and oxygen atoms in total. The third-order valence-electron chi connectivity index (χ3n) is 3.39. The first kappa shape index (κ1) is 14.5. The Balaban J connectivity index is 1.66. The van der Waals surface area contributed by atoms with E-state index in [1.54, 1.807) is 0 Å². The zero-order valence-corrected chi connectivity index (χ0v) is 12.9. The zero-order chi connectivity index (χ0) is 13.7. The summed E-state index contributed by atoms with van der Waals surface area (Å²) in [7, 11) is 0. The van der Waals surface area contributed by atoms with Crippen LogP contribution in [-0.2, 0) is 4.79 Å². The summed E-state index contributed by atoms with van der Waals surface area (Å²) in [5.41, 5.74) is 1.20. The van der Waals surface area contributed by atoms with Gasteiger partial charge in [0.05, 0.1) is 0 Å². The summed E-state index contributed by atoms with van der Waals surface area (Å²) in [6.07, 6.45) is 3.12. The first-order chi connectivity index (χ1) is 9.15. The second kappa shape index (κ2) is 7.06. The van der Waals surface area contributed by atoms with Crippen LogP contribution in [0.1, 0.15) is 37.7 Å². The van der Waals surface area contributed by atoms with E-state index >= 15 is 0 Å². The highest BCUT2D eigenvalue weighted by Gasteiger charge is 2.19. The van der Waals surface area contributed by atoms with Crippen LogP contribution in [0.4, 0.5) is 0 Å². The van der Waals surface area contributed by atoms with Crippen LogP contribution in [0.2, 0.25) is 0 Å². The van der Waals surface area contributed by atoms with Gasteiger partial charge in [-0.3, -0.25) is 4.79 Å². The van der Waals surface area contributed by atoms with Gasteiger partial charge in [0.1, 0.15) is 0 Å². The smallest absolute Gasteiger partial charge is 0.220 e. The molecule has 1 atom stereocenters. The molecule has 19 heavy (non-hydrogen) atoms. The van der Waals surface area contributed by atoms with E-state index in [1.165, 1.54) is 18.4 Å². The molecule has 1 saturated carbocycles. The molecule has 1 aromatic carbocycles. The summed E-state index contributed by atoms with van der Waals surface area (Å²) in [6.45, 7) is 3.69. The summed E-state index contributed by atoms with van der Waals surface area (Å²) in [5.74, 6) is 0.387. The molecule has 2 rings (SSSR count). The number of hydrogen-bond acceptors (Lipinski definition) is 2. The molecule has 1 fully saturated rings. The minimum atomic E-state index is 0.132. The van der Waals surface area contributed by atoms with Crippen LogP contribution in [0.15, 0.2) is 28.7 Å². The number of carbonyl (C=O) groups is 1. The van der Waals surface area contributed by atoms with Crippen molar-refractivity contribution < 1.29 is 4.79 Å². The van der Waals surface area contributed by atoms with Crippen molar-refractivity contribution in [2.24, 2.45) is 0 Å². The van der Waals surface area contributed by atoms with Crippen LogP contribution >= 0.6 is 15.9 Å². The van der Waals surface area contributed by atoms with Crippen molar-refractivity contribution in [3.8, 4) is 0 Å². The maximum atomic E-state index is 11.8. The van der Waals surface area contributed by atoms with Gasteiger partial charge in [-0.05, 0) is 36.5 Å². The van der Waals surface area contributed by atoms with Gasteiger partial charge in [0.15, 0.2) is 0 Å². The molecule has 1 aromatic rings. The molecule has 0 bridgehead atoms. The molecule has 1 unspecified atom stereocenters. The summed E-state index contributed by atoms with van der Waals surface area (Å²) in [5, 5.41) is 6.35. The Morgan fingerprint density at radius 3 is 2.63 bits per heavy atom. The quantitative estimate of drug-likeness (QED) is 0.757. The minimum absolute atomic E-state index is 0.132. The molecule has 0 radical (unpaired) electrons. The fourth-order valence-electron chi connectivity index (χ4n) is 2.03. The van der Waals surface area contributed by atoms with Gasteiger partial charge in [0.2, 0.25) is 5.91 Å². The molecule has 0 aliphatic heterocycles. The lowest BCUT2D eigenvalue weighted by molar-refractivity contribution is -0.121. The van der Waals surface area contributed by atoms with Crippen LogP contribution in [0.3, 0.4) is 0 Å². The van der Waals surface area contributed by atoms with E-state index in [9.17, 15) is 4.79 Å². The normalized spacial score (nSPS) is 16.1. The Hall–Kier alpha value is -0.870. The van der Waals surface area contributed by atoms with E-state index in [2.05, 4.69) is 45.6 Å². The molecule has 104 valence electrons. The SMILES string of the molecule is CC(CC(=O)NCCNC1CC1)c1ccc(Br)cc1. The van der Waals surface area contributed by atoms with E-state index in [1.807, 2.05) is 12.1 Å². The number of rotatable bonds is 7. The van der Waals surface area contributed by atoms with Gasteiger partial charge in [-0.2, -0.15) is 0 Å². The van der Waals surface area contributed by atoms with E-state index in [4.69, 9.17) is 0 Å². The summed E-state index contributed by atoms with van der Waals surface area (Å²) in [4.78, 5) is 11.8. The Labute approximate surface area is 123 Å². The molecule has 0 aromatic heterocycles. The van der Waals surface area contributed by atoms with Gasteiger partial charge in [-0.15, -0.1) is 0 Å². The highest BCUT2D eigenvalue weighted by Crippen LogP contribution is 2.21. The maximum Gasteiger partial charge on any atom is 0.220 e. The molecule has 1 aliphatic carbocycles. The predicted octanol–water partition coefficient (Wildman–Crippen LogP) is 2.81. The second-order valence-corrected chi connectivity index (χ2v) is 6.15. The lowest BCUT2D eigenvalue weighted by Crippen LogP contribution is -2.33. The first-order valence-corrected chi connectivity index (χ1v) is 7.70. The van der Waals surface area contributed by atoms with Crippen LogP contribution < -0.4 is 10.6 Å². The minimum Gasteiger partial charge on any atom is -0.355 e. The summed E-state index contributed by atoms with van der Waals surface area (Å²) in [6, 6.07) is 8.87. The summed E-state index contributed by atoms with van der Waals surface area (Å²) >= 11 is 3.42. The standard InChI is InChI=1S/C15H21BrN2O/c1-11(12-2-4-13(16)5-3-12)10-15(19)18-9-8-17-14-6-7-14/h2-5,11,14,17H,6-10H2,1H3,(H,18,19). The number of amides is 1. The third kappa shape index (κ3) is 5.33. The maximum absolute atomic E-state index is 11.8. The molecule has 0 heterocycles. The van der Waals surface area contributed by atoms with Crippen LogP contribution in [-0.4, -0.2) is 25.0 Å². The van der Waals surface area contributed by atoms with E-state index in [-0.39, 0.29) is 11.8 Å². The highest BCUT2D eigenvalue weighted by molar-refractivity contribution is 9.10. The molecule has 0 spiro atoms. The van der Waals surface area contributed by atoms with Crippen molar-refractivity contribution in [1.29, 1.82) is 0 Å². The third-order valence-corrected chi connectivity index (χ3v) is 3.92. The fraction of sp³-hybridized carbons (Fsp3) is 0.533. The molecule has 0 saturated heterocycles. The largest absolute Gasteiger partial charge is 0.355 e. The average Bonchev–Trinajstić information content (AvgIpc) is 3.19. The Morgan fingerprint density at radius 1 is 1.32 bits per heavy atom. The van der Waals surface area contributed by atoms with Crippen molar-refractivity contribution in [1.82, 2.24) is 10.6 Å². The zero-order valence-electron chi connectivity index (χ0n) is 11.3. The average molecular weight is 325 g/mol. The van der Waals surface area contributed by atoms with Gasteiger partial charge in [-0.1, -0.05) is 35.0 Å². The van der Waals surface area contributed by atoms with Gasteiger partial charge < -0.3 is 10.6 Å². The molecule has 1 amide bonds. The molecule has 2 N–H and O–H groups in total. The van der Waals surface area contributed by atoms with Crippen molar-refractivity contribution in [2.75, 3.05) is 13.1 Å². The van der Waals surface area contributed by atoms with Gasteiger partial charge in [0.25, 0.3) is 0 Å². The van der Waals surface area contributed by atoms with E-state index in [0.717, 1.165) is 17.6 Å². The first-order valence-electron chi connectivity index (χ1n) is 6.90. The van der Waals surface area contributed by atoms with Gasteiger partial charge in [0, 0.05) is 30.0 Å². The number of carbonyl (C=O) groups excluding carboxylic acids is 1.